The standard InChI is InChI=1S/C13H9F3N4OS2/c1-5-6(2)23-11(17-5)7-3-9(21)20-10(18-7)12-19-8(4-22-12)13(14,15)16/h3-4H,1-2H3,(H,18,20,21). The first-order valence-electron chi connectivity index (χ1n) is 6.33. The van der Waals surface area contributed by atoms with Crippen LogP contribution in [0.5, 0.6) is 0 Å². The third-order valence-electron chi connectivity index (χ3n) is 2.99. The molecule has 0 spiro atoms. The van der Waals surface area contributed by atoms with Crippen molar-refractivity contribution in [2.24, 2.45) is 0 Å². The normalized spacial score (nSPS) is 11.9. The maximum absolute atomic E-state index is 12.6. The Bertz CT molecular complexity index is 906. The van der Waals surface area contributed by atoms with Gasteiger partial charge < -0.3 is 4.98 Å². The Hall–Kier alpha value is -2.07. The minimum Gasteiger partial charge on any atom is -0.304 e. The molecule has 3 heterocycles. The van der Waals surface area contributed by atoms with Gasteiger partial charge in [0.15, 0.2) is 16.5 Å². The Morgan fingerprint density at radius 3 is 2.43 bits per heavy atom. The van der Waals surface area contributed by atoms with Gasteiger partial charge in [-0.2, -0.15) is 13.2 Å². The first kappa shape index (κ1) is 15.8. The monoisotopic (exact) mass is 358 g/mol. The summed E-state index contributed by atoms with van der Waals surface area (Å²) in [5.41, 5.74) is -0.346. The SMILES string of the molecule is Cc1nc(-c2cc(=O)[nH]c(-c3nc(C(F)(F)F)cs3)n2)sc1C. The lowest BCUT2D eigenvalue weighted by atomic mass is 10.4. The summed E-state index contributed by atoms with van der Waals surface area (Å²) < 4.78 is 37.9. The maximum Gasteiger partial charge on any atom is 0.434 e. The number of alkyl halides is 3. The van der Waals surface area contributed by atoms with E-state index in [1.165, 1.54) is 17.4 Å². The number of halogens is 3. The molecule has 5 nitrogen and oxygen atoms in total. The summed E-state index contributed by atoms with van der Waals surface area (Å²) in [5, 5.41) is 1.43. The van der Waals surface area contributed by atoms with E-state index in [0.29, 0.717) is 10.7 Å². The summed E-state index contributed by atoms with van der Waals surface area (Å²) in [7, 11) is 0. The summed E-state index contributed by atoms with van der Waals surface area (Å²) >= 11 is 2.14. The molecule has 1 N–H and O–H groups in total. The highest BCUT2D eigenvalue weighted by atomic mass is 32.1. The van der Waals surface area contributed by atoms with Gasteiger partial charge in [-0.1, -0.05) is 0 Å². The van der Waals surface area contributed by atoms with Gasteiger partial charge in [0.2, 0.25) is 0 Å². The van der Waals surface area contributed by atoms with Gasteiger partial charge in [0.25, 0.3) is 5.56 Å². The summed E-state index contributed by atoms with van der Waals surface area (Å²) in [5.74, 6) is -0.00138. The predicted molar refractivity (Wildman–Crippen MR) is 81.5 cm³/mol. The van der Waals surface area contributed by atoms with E-state index >= 15 is 0 Å². The topological polar surface area (TPSA) is 71.5 Å². The zero-order chi connectivity index (χ0) is 16.8. The van der Waals surface area contributed by atoms with Crippen LogP contribution >= 0.6 is 22.7 Å². The minimum absolute atomic E-state index is 0.00118. The van der Waals surface area contributed by atoms with Crippen LogP contribution in [0.4, 0.5) is 13.2 Å². The van der Waals surface area contributed by atoms with Crippen molar-refractivity contribution in [3.63, 3.8) is 0 Å². The van der Waals surface area contributed by atoms with Crippen molar-refractivity contribution < 1.29 is 13.2 Å². The minimum atomic E-state index is -4.53. The molecule has 0 bridgehead atoms. The van der Waals surface area contributed by atoms with Gasteiger partial charge in [-0.3, -0.25) is 4.79 Å². The number of nitrogens with zero attached hydrogens (tertiary/aromatic N) is 3. The van der Waals surface area contributed by atoms with Crippen molar-refractivity contribution >= 4 is 22.7 Å². The Labute approximate surface area is 135 Å². The van der Waals surface area contributed by atoms with Crippen LogP contribution in [0, 0.1) is 13.8 Å². The molecule has 0 fully saturated rings. The van der Waals surface area contributed by atoms with Crippen molar-refractivity contribution in [1.29, 1.82) is 0 Å². The number of aromatic amines is 1. The Morgan fingerprint density at radius 1 is 1.13 bits per heavy atom. The van der Waals surface area contributed by atoms with Gasteiger partial charge in [0.05, 0.1) is 5.69 Å². The first-order valence-corrected chi connectivity index (χ1v) is 8.02. The molecule has 0 radical (unpaired) electrons. The van der Waals surface area contributed by atoms with Crippen LogP contribution in [0.1, 0.15) is 16.3 Å². The van der Waals surface area contributed by atoms with Crippen LogP contribution < -0.4 is 5.56 Å². The molecule has 3 aromatic heterocycles. The van der Waals surface area contributed by atoms with Crippen molar-refractivity contribution in [2.75, 3.05) is 0 Å². The molecule has 0 saturated carbocycles. The number of nitrogens with one attached hydrogen (secondary N) is 1. The van der Waals surface area contributed by atoms with E-state index in [1.807, 2.05) is 13.8 Å². The fraction of sp³-hybridized carbons (Fsp3) is 0.231. The van der Waals surface area contributed by atoms with Crippen LogP contribution in [-0.4, -0.2) is 19.9 Å². The van der Waals surface area contributed by atoms with Crippen molar-refractivity contribution in [3.05, 3.63) is 38.1 Å². The molecule has 3 aromatic rings. The molecule has 0 aromatic carbocycles. The number of hydrogen-bond acceptors (Lipinski definition) is 6. The second-order valence-corrected chi connectivity index (χ2v) is 6.74. The zero-order valence-corrected chi connectivity index (χ0v) is 13.5. The smallest absolute Gasteiger partial charge is 0.304 e. The molecule has 10 heteroatoms. The van der Waals surface area contributed by atoms with E-state index in [0.717, 1.165) is 27.3 Å². The average molecular weight is 358 g/mol. The molecular formula is C13H9F3N4OS2. The van der Waals surface area contributed by atoms with Gasteiger partial charge in [0, 0.05) is 16.3 Å². The van der Waals surface area contributed by atoms with Crippen LogP contribution in [-0.2, 0) is 6.18 Å². The van der Waals surface area contributed by atoms with Crippen LogP contribution in [0.15, 0.2) is 16.2 Å². The number of hydrogen-bond donors (Lipinski definition) is 1. The van der Waals surface area contributed by atoms with E-state index in [4.69, 9.17) is 0 Å². The molecule has 0 aliphatic heterocycles. The molecule has 0 atom stereocenters. The lowest BCUT2D eigenvalue weighted by Crippen LogP contribution is -2.09. The summed E-state index contributed by atoms with van der Waals surface area (Å²) in [6.45, 7) is 3.72. The highest BCUT2D eigenvalue weighted by Crippen LogP contribution is 2.33. The fourth-order valence-electron chi connectivity index (χ4n) is 1.76. The number of thiazole rings is 2. The molecular weight excluding hydrogens is 349 g/mol. The molecule has 120 valence electrons. The molecule has 0 amide bonds. The largest absolute Gasteiger partial charge is 0.434 e. The number of aryl methyl sites for hydroxylation is 2. The Kier molecular flexibility index (Phi) is 3.80. The van der Waals surface area contributed by atoms with Crippen LogP contribution in [0.3, 0.4) is 0 Å². The van der Waals surface area contributed by atoms with E-state index in [1.54, 1.807) is 0 Å². The van der Waals surface area contributed by atoms with Gasteiger partial charge >= 0.3 is 6.18 Å². The van der Waals surface area contributed by atoms with Gasteiger partial charge in [-0.25, -0.2) is 15.0 Å². The van der Waals surface area contributed by atoms with Gasteiger partial charge in [-0.05, 0) is 13.8 Å². The number of rotatable bonds is 2. The molecule has 0 aliphatic rings. The Morgan fingerprint density at radius 2 is 1.87 bits per heavy atom. The van der Waals surface area contributed by atoms with E-state index in [2.05, 4.69) is 19.9 Å². The number of aromatic nitrogens is 4. The third kappa shape index (κ3) is 3.17. The van der Waals surface area contributed by atoms with E-state index < -0.39 is 17.4 Å². The van der Waals surface area contributed by atoms with Crippen molar-refractivity contribution in [2.45, 2.75) is 20.0 Å². The predicted octanol–water partition coefficient (Wildman–Crippen LogP) is 3.65. The molecule has 3 rings (SSSR count). The highest BCUT2D eigenvalue weighted by Gasteiger charge is 2.34. The fourth-order valence-corrected chi connectivity index (χ4v) is 3.41. The highest BCUT2D eigenvalue weighted by molar-refractivity contribution is 7.15. The van der Waals surface area contributed by atoms with Crippen LogP contribution in [0.25, 0.3) is 21.5 Å². The molecule has 0 aliphatic carbocycles. The first-order chi connectivity index (χ1) is 10.7. The van der Waals surface area contributed by atoms with Gasteiger partial charge in [-0.15, -0.1) is 22.7 Å². The average Bonchev–Trinajstić information content (AvgIpc) is 3.06. The van der Waals surface area contributed by atoms with E-state index in [9.17, 15) is 18.0 Å². The van der Waals surface area contributed by atoms with E-state index in [-0.39, 0.29) is 10.8 Å². The summed E-state index contributed by atoms with van der Waals surface area (Å²) in [6, 6.07) is 1.26. The lowest BCUT2D eigenvalue weighted by Gasteiger charge is -2.01. The second kappa shape index (κ2) is 5.53. The Balaban J connectivity index is 2.07. The molecule has 0 saturated heterocycles. The second-order valence-electron chi connectivity index (χ2n) is 4.68. The molecule has 23 heavy (non-hydrogen) atoms. The third-order valence-corrected chi connectivity index (χ3v) is 4.93. The maximum atomic E-state index is 12.6. The van der Waals surface area contributed by atoms with Crippen LogP contribution in [0.2, 0.25) is 0 Å². The quantitative estimate of drug-likeness (QED) is 0.759. The molecule has 0 unspecified atom stereocenters. The summed E-state index contributed by atoms with van der Waals surface area (Å²) in [4.78, 5) is 27.2. The lowest BCUT2D eigenvalue weighted by molar-refractivity contribution is -0.140. The van der Waals surface area contributed by atoms with Crippen molar-refractivity contribution in [1.82, 2.24) is 19.9 Å². The van der Waals surface area contributed by atoms with Crippen molar-refractivity contribution in [3.8, 4) is 21.5 Å². The van der Waals surface area contributed by atoms with Gasteiger partial charge in [0.1, 0.15) is 10.7 Å². The number of H-pyrrole nitrogens is 1. The summed E-state index contributed by atoms with van der Waals surface area (Å²) in [6.07, 6.45) is -4.53. The zero-order valence-electron chi connectivity index (χ0n) is 11.9.